The van der Waals surface area contributed by atoms with Crippen LogP contribution in [0.2, 0.25) is 0 Å². The number of piperidine rings is 1. The van der Waals surface area contributed by atoms with E-state index in [1.165, 1.54) is 11.3 Å². The molecule has 1 aliphatic heterocycles. The van der Waals surface area contributed by atoms with E-state index in [-0.39, 0.29) is 11.8 Å². The number of thiazole rings is 1. The molecule has 2 aromatic rings. The highest BCUT2D eigenvalue weighted by Crippen LogP contribution is 2.29. The third-order valence-electron chi connectivity index (χ3n) is 3.71. The first-order chi connectivity index (χ1) is 10.1. The number of hydrogen-bond acceptors (Lipinski definition) is 6. The zero-order chi connectivity index (χ0) is 14.8. The molecule has 21 heavy (non-hydrogen) atoms. The molecule has 0 aromatic carbocycles. The summed E-state index contributed by atoms with van der Waals surface area (Å²) in [6.45, 7) is 3.17. The standard InChI is InChI=1S/C14H17N5OS/c1-9(20)19-4-2-3-10(8-19)11-5-16-6-12(18-11)13-7-17-14(15)21-13/h5-7,10H,2-4,8H2,1H3,(H2,15,17). The number of carbonyl (C=O) groups is 1. The predicted octanol–water partition coefficient (Wildman–Crippen LogP) is 1.91. The van der Waals surface area contributed by atoms with E-state index in [1.807, 2.05) is 4.90 Å². The van der Waals surface area contributed by atoms with E-state index in [0.29, 0.717) is 5.13 Å². The maximum atomic E-state index is 11.5. The molecule has 0 radical (unpaired) electrons. The van der Waals surface area contributed by atoms with E-state index < -0.39 is 0 Å². The lowest BCUT2D eigenvalue weighted by atomic mass is 9.95. The van der Waals surface area contributed by atoms with Crippen LogP contribution < -0.4 is 5.73 Å². The van der Waals surface area contributed by atoms with Crippen molar-refractivity contribution in [3.63, 3.8) is 0 Å². The normalized spacial score (nSPS) is 18.7. The molecule has 3 rings (SSSR count). The molecule has 1 atom stereocenters. The van der Waals surface area contributed by atoms with Gasteiger partial charge in [0.1, 0.15) is 5.69 Å². The first-order valence-corrected chi connectivity index (χ1v) is 7.74. The van der Waals surface area contributed by atoms with E-state index in [2.05, 4.69) is 15.0 Å². The van der Waals surface area contributed by atoms with Crippen LogP contribution in [0.1, 0.15) is 31.4 Å². The van der Waals surface area contributed by atoms with Gasteiger partial charge in [0.05, 0.1) is 16.8 Å². The zero-order valence-corrected chi connectivity index (χ0v) is 12.6. The minimum atomic E-state index is 0.124. The van der Waals surface area contributed by atoms with E-state index in [4.69, 9.17) is 5.73 Å². The number of nitrogens with two attached hydrogens (primary N) is 1. The van der Waals surface area contributed by atoms with Crippen molar-refractivity contribution >= 4 is 22.4 Å². The van der Waals surface area contributed by atoms with Gasteiger partial charge in [-0.15, -0.1) is 0 Å². The molecule has 110 valence electrons. The van der Waals surface area contributed by atoms with Gasteiger partial charge in [0.2, 0.25) is 5.91 Å². The number of amides is 1. The van der Waals surface area contributed by atoms with Crippen LogP contribution in [0.25, 0.3) is 10.6 Å². The van der Waals surface area contributed by atoms with Crippen LogP contribution in [-0.4, -0.2) is 38.8 Å². The van der Waals surface area contributed by atoms with Gasteiger partial charge >= 0.3 is 0 Å². The Kier molecular flexibility index (Phi) is 3.83. The average molecular weight is 303 g/mol. The summed E-state index contributed by atoms with van der Waals surface area (Å²) in [5.41, 5.74) is 7.39. The second kappa shape index (κ2) is 5.77. The van der Waals surface area contributed by atoms with Crippen molar-refractivity contribution in [3.05, 3.63) is 24.3 Å². The summed E-state index contributed by atoms with van der Waals surface area (Å²) in [5.74, 6) is 0.374. The lowest BCUT2D eigenvalue weighted by molar-refractivity contribution is -0.130. The van der Waals surface area contributed by atoms with Gasteiger partial charge < -0.3 is 10.6 Å². The molecule has 1 unspecified atom stereocenters. The second-order valence-electron chi connectivity index (χ2n) is 5.20. The van der Waals surface area contributed by atoms with E-state index in [0.717, 1.165) is 42.2 Å². The van der Waals surface area contributed by atoms with E-state index in [1.54, 1.807) is 25.5 Å². The Hall–Kier alpha value is -2.02. The molecular formula is C14H17N5OS. The Labute approximate surface area is 127 Å². The number of carbonyl (C=O) groups excluding carboxylic acids is 1. The first-order valence-electron chi connectivity index (χ1n) is 6.92. The van der Waals surface area contributed by atoms with Crippen molar-refractivity contribution in [2.24, 2.45) is 0 Å². The zero-order valence-electron chi connectivity index (χ0n) is 11.8. The molecule has 7 heteroatoms. The molecular weight excluding hydrogens is 286 g/mol. The minimum absolute atomic E-state index is 0.124. The molecule has 1 amide bonds. The molecule has 0 bridgehead atoms. The van der Waals surface area contributed by atoms with Gasteiger partial charge in [-0.3, -0.25) is 9.78 Å². The van der Waals surface area contributed by atoms with Gasteiger partial charge in [-0.1, -0.05) is 11.3 Å². The second-order valence-corrected chi connectivity index (χ2v) is 6.26. The summed E-state index contributed by atoms with van der Waals surface area (Å²) in [4.78, 5) is 27.4. The summed E-state index contributed by atoms with van der Waals surface area (Å²) < 4.78 is 0. The smallest absolute Gasteiger partial charge is 0.219 e. The van der Waals surface area contributed by atoms with Crippen molar-refractivity contribution in [2.45, 2.75) is 25.7 Å². The van der Waals surface area contributed by atoms with Crippen LogP contribution in [0.15, 0.2) is 18.6 Å². The van der Waals surface area contributed by atoms with Gasteiger partial charge in [0.25, 0.3) is 0 Å². The van der Waals surface area contributed by atoms with Crippen molar-refractivity contribution in [2.75, 3.05) is 18.8 Å². The van der Waals surface area contributed by atoms with Crippen LogP contribution in [-0.2, 0) is 4.79 Å². The SMILES string of the molecule is CC(=O)N1CCCC(c2cncc(-c3cnc(N)s3)n2)C1. The summed E-state index contributed by atoms with van der Waals surface area (Å²) in [5, 5.41) is 0.526. The lowest BCUT2D eigenvalue weighted by Gasteiger charge is -2.31. The Balaban J connectivity index is 1.84. The molecule has 1 saturated heterocycles. The molecule has 2 aromatic heterocycles. The number of anilines is 1. The van der Waals surface area contributed by atoms with Gasteiger partial charge in [-0.2, -0.15) is 0 Å². The van der Waals surface area contributed by atoms with Gasteiger partial charge in [0.15, 0.2) is 5.13 Å². The highest BCUT2D eigenvalue weighted by atomic mass is 32.1. The largest absolute Gasteiger partial charge is 0.375 e. The van der Waals surface area contributed by atoms with Crippen molar-refractivity contribution in [1.29, 1.82) is 0 Å². The number of likely N-dealkylation sites (tertiary alicyclic amines) is 1. The molecule has 0 saturated carbocycles. The van der Waals surface area contributed by atoms with Gasteiger partial charge in [-0.05, 0) is 12.8 Å². The number of hydrogen-bond donors (Lipinski definition) is 1. The highest BCUT2D eigenvalue weighted by molar-refractivity contribution is 7.18. The monoisotopic (exact) mass is 303 g/mol. The molecule has 3 heterocycles. The fourth-order valence-corrected chi connectivity index (χ4v) is 3.25. The minimum Gasteiger partial charge on any atom is -0.375 e. The molecule has 6 nitrogen and oxygen atoms in total. The van der Waals surface area contributed by atoms with Crippen LogP contribution in [0.5, 0.6) is 0 Å². The molecule has 2 N–H and O–H groups in total. The Morgan fingerprint density at radius 2 is 2.29 bits per heavy atom. The van der Waals surface area contributed by atoms with Crippen LogP contribution in [0.4, 0.5) is 5.13 Å². The average Bonchev–Trinajstić information content (AvgIpc) is 2.94. The summed E-state index contributed by atoms with van der Waals surface area (Å²) in [7, 11) is 0. The quantitative estimate of drug-likeness (QED) is 0.916. The fraction of sp³-hybridized carbons (Fsp3) is 0.429. The molecule has 0 aliphatic carbocycles. The Morgan fingerprint density at radius 1 is 1.43 bits per heavy atom. The van der Waals surface area contributed by atoms with Crippen molar-refractivity contribution < 1.29 is 4.79 Å². The lowest BCUT2D eigenvalue weighted by Crippen LogP contribution is -2.37. The third-order valence-corrected chi connectivity index (χ3v) is 4.56. The number of nitrogen functional groups attached to an aromatic ring is 1. The topological polar surface area (TPSA) is 85.0 Å². The van der Waals surface area contributed by atoms with Gasteiger partial charge in [-0.25, -0.2) is 9.97 Å². The fourth-order valence-electron chi connectivity index (χ4n) is 2.61. The molecule has 0 spiro atoms. The Bertz CT molecular complexity index is 656. The van der Waals surface area contributed by atoms with E-state index >= 15 is 0 Å². The molecule has 1 aliphatic rings. The third kappa shape index (κ3) is 3.02. The summed E-state index contributed by atoms with van der Waals surface area (Å²) in [6, 6.07) is 0. The van der Waals surface area contributed by atoms with Crippen LogP contribution in [0.3, 0.4) is 0 Å². The number of nitrogens with zero attached hydrogens (tertiary/aromatic N) is 4. The number of rotatable bonds is 2. The van der Waals surface area contributed by atoms with Crippen LogP contribution in [0, 0.1) is 0 Å². The number of aromatic nitrogens is 3. The maximum absolute atomic E-state index is 11.5. The predicted molar refractivity (Wildman–Crippen MR) is 81.8 cm³/mol. The maximum Gasteiger partial charge on any atom is 0.219 e. The Morgan fingerprint density at radius 3 is 3.00 bits per heavy atom. The van der Waals surface area contributed by atoms with E-state index in [9.17, 15) is 4.79 Å². The van der Waals surface area contributed by atoms with Crippen molar-refractivity contribution in [1.82, 2.24) is 19.9 Å². The highest BCUT2D eigenvalue weighted by Gasteiger charge is 2.24. The van der Waals surface area contributed by atoms with Gasteiger partial charge in [0, 0.05) is 38.3 Å². The first kappa shape index (κ1) is 13.9. The van der Waals surface area contributed by atoms with Crippen molar-refractivity contribution in [3.8, 4) is 10.6 Å². The molecule has 1 fully saturated rings. The summed E-state index contributed by atoms with van der Waals surface area (Å²) >= 11 is 1.40. The van der Waals surface area contributed by atoms with Crippen LogP contribution >= 0.6 is 11.3 Å². The summed E-state index contributed by atoms with van der Waals surface area (Å²) in [6.07, 6.45) is 7.27.